The second kappa shape index (κ2) is 13.0. The fraction of sp³-hybridized carbons (Fsp3) is 0.371. The highest BCUT2D eigenvalue weighted by atomic mass is 19.1. The topological polar surface area (TPSA) is 93.9 Å². The normalized spacial score (nSPS) is 19.4. The summed E-state index contributed by atoms with van der Waals surface area (Å²) in [5.74, 6) is 0.281. The maximum atomic E-state index is 14.4. The average molecular weight is 595 g/mol. The van der Waals surface area contributed by atoms with Gasteiger partial charge in [-0.3, -0.25) is 19.3 Å². The molecule has 9 heteroatoms. The van der Waals surface area contributed by atoms with Crippen LogP contribution in [0.4, 0.5) is 10.1 Å². The zero-order valence-corrected chi connectivity index (χ0v) is 24.6. The molecule has 1 aliphatic carbocycles. The molecule has 0 bridgehead atoms. The lowest BCUT2D eigenvalue weighted by Crippen LogP contribution is -2.46. The molecule has 226 valence electrons. The molecule has 3 aliphatic rings. The Morgan fingerprint density at radius 3 is 2.43 bits per heavy atom. The zero-order valence-electron chi connectivity index (χ0n) is 24.6. The van der Waals surface area contributed by atoms with Crippen LogP contribution in [0.1, 0.15) is 64.7 Å². The summed E-state index contributed by atoms with van der Waals surface area (Å²) >= 11 is 0. The summed E-state index contributed by atoms with van der Waals surface area (Å²) in [6.07, 6.45) is 2.01. The molecule has 44 heavy (non-hydrogen) atoms. The van der Waals surface area contributed by atoms with Gasteiger partial charge in [0.1, 0.15) is 24.0 Å². The standard InChI is InChI=1S/C35H35FN4O4/c36-30-19-26(20-37)11-13-31(30)39-17-15-38(16-18-39)21-24-7-9-25(10-8-24)23-44-34-6-2-4-28-29(34)22-40(35(28)43)32-14-12-27(41)3-1-5-33(32)42/h2,4,6-11,13,19,32H,1,3,5,12,14-18,21-23H2. The first-order valence-corrected chi connectivity index (χ1v) is 15.2. The molecule has 1 saturated heterocycles. The third-order valence-electron chi connectivity index (χ3n) is 8.89. The van der Waals surface area contributed by atoms with Gasteiger partial charge in [-0.2, -0.15) is 5.26 Å². The molecule has 2 heterocycles. The molecule has 3 aromatic rings. The third kappa shape index (κ3) is 6.36. The number of anilines is 1. The van der Waals surface area contributed by atoms with Crippen molar-refractivity contribution in [3.05, 3.63) is 94.3 Å². The van der Waals surface area contributed by atoms with Gasteiger partial charge in [0.05, 0.1) is 29.9 Å². The number of rotatable bonds is 7. The predicted octanol–water partition coefficient (Wildman–Crippen LogP) is 5.03. The average Bonchev–Trinajstić information content (AvgIpc) is 3.36. The quantitative estimate of drug-likeness (QED) is 0.379. The molecule has 0 radical (unpaired) electrons. The number of ether oxygens (including phenoxy) is 1. The Morgan fingerprint density at radius 1 is 0.909 bits per heavy atom. The van der Waals surface area contributed by atoms with E-state index in [-0.39, 0.29) is 23.3 Å². The summed E-state index contributed by atoms with van der Waals surface area (Å²) in [6.45, 7) is 4.48. The van der Waals surface area contributed by atoms with Crippen LogP contribution in [0.5, 0.6) is 5.75 Å². The fourth-order valence-corrected chi connectivity index (χ4v) is 6.39. The van der Waals surface area contributed by atoms with Crippen LogP contribution < -0.4 is 9.64 Å². The van der Waals surface area contributed by atoms with E-state index in [2.05, 4.69) is 17.0 Å². The van der Waals surface area contributed by atoms with Gasteiger partial charge < -0.3 is 14.5 Å². The molecule has 1 atom stereocenters. The van der Waals surface area contributed by atoms with Crippen molar-refractivity contribution in [1.82, 2.24) is 9.80 Å². The van der Waals surface area contributed by atoms with Crippen molar-refractivity contribution in [2.45, 2.75) is 57.8 Å². The maximum absolute atomic E-state index is 14.4. The number of carbonyl (C=O) groups is 3. The van der Waals surface area contributed by atoms with E-state index in [9.17, 15) is 18.8 Å². The zero-order chi connectivity index (χ0) is 30.6. The van der Waals surface area contributed by atoms with Crippen LogP contribution in [0.15, 0.2) is 60.7 Å². The summed E-state index contributed by atoms with van der Waals surface area (Å²) < 4.78 is 20.6. The lowest BCUT2D eigenvalue weighted by atomic mass is 9.94. The highest BCUT2D eigenvalue weighted by Gasteiger charge is 2.38. The first-order valence-electron chi connectivity index (χ1n) is 15.2. The highest BCUT2D eigenvalue weighted by Crippen LogP contribution is 2.34. The van der Waals surface area contributed by atoms with Crippen molar-refractivity contribution in [2.75, 3.05) is 31.1 Å². The number of Topliss-reactive ketones (excluding diaryl/α,β-unsaturated/α-hetero) is 2. The number of benzene rings is 3. The Kier molecular flexibility index (Phi) is 8.71. The molecule has 0 aromatic heterocycles. The number of carbonyl (C=O) groups excluding carboxylic acids is 3. The van der Waals surface area contributed by atoms with Gasteiger partial charge in [-0.1, -0.05) is 30.3 Å². The van der Waals surface area contributed by atoms with Gasteiger partial charge in [-0.05, 0) is 54.3 Å². The molecule has 0 N–H and O–H groups in total. The molecule has 1 saturated carbocycles. The lowest BCUT2D eigenvalue weighted by Gasteiger charge is -2.36. The summed E-state index contributed by atoms with van der Waals surface area (Å²) in [5, 5.41) is 8.98. The van der Waals surface area contributed by atoms with E-state index in [1.807, 2.05) is 29.2 Å². The van der Waals surface area contributed by atoms with Gasteiger partial charge in [0.15, 0.2) is 5.78 Å². The Morgan fingerprint density at radius 2 is 1.68 bits per heavy atom. The van der Waals surface area contributed by atoms with Crippen LogP contribution in [-0.2, 0) is 29.3 Å². The Labute approximate surface area is 256 Å². The monoisotopic (exact) mass is 594 g/mol. The van der Waals surface area contributed by atoms with Crippen LogP contribution >= 0.6 is 0 Å². The third-order valence-corrected chi connectivity index (χ3v) is 8.89. The summed E-state index contributed by atoms with van der Waals surface area (Å²) in [4.78, 5) is 44.1. The van der Waals surface area contributed by atoms with E-state index >= 15 is 0 Å². The summed E-state index contributed by atoms with van der Waals surface area (Å²) in [5.41, 5.74) is 4.39. The summed E-state index contributed by atoms with van der Waals surface area (Å²) in [6, 6.07) is 19.7. The number of halogens is 1. The minimum atomic E-state index is -0.570. The van der Waals surface area contributed by atoms with Gasteiger partial charge >= 0.3 is 0 Å². The van der Waals surface area contributed by atoms with Crippen LogP contribution in [0, 0.1) is 17.1 Å². The number of ketones is 2. The minimum Gasteiger partial charge on any atom is -0.489 e. The van der Waals surface area contributed by atoms with E-state index in [1.54, 1.807) is 29.2 Å². The maximum Gasteiger partial charge on any atom is 0.255 e. The Hall–Kier alpha value is -4.55. The number of piperazine rings is 1. The van der Waals surface area contributed by atoms with Gasteiger partial charge in [0.25, 0.3) is 5.91 Å². The SMILES string of the molecule is N#Cc1ccc(N2CCN(Cc3ccc(COc4cccc5c4CN(C4CCC(=O)CCCC4=O)C5=O)cc3)CC2)c(F)c1. The molecule has 1 amide bonds. The van der Waals surface area contributed by atoms with E-state index in [1.165, 1.54) is 11.6 Å². The van der Waals surface area contributed by atoms with Gasteiger partial charge in [-0.15, -0.1) is 0 Å². The first kappa shape index (κ1) is 29.5. The number of nitriles is 1. The van der Waals surface area contributed by atoms with Crippen molar-refractivity contribution < 1.29 is 23.5 Å². The molecule has 2 fully saturated rings. The predicted molar refractivity (Wildman–Crippen MR) is 163 cm³/mol. The second-order valence-electron chi connectivity index (χ2n) is 11.8. The van der Waals surface area contributed by atoms with Crippen LogP contribution in [-0.4, -0.2) is 59.5 Å². The number of fused-ring (bicyclic) bond motifs is 1. The van der Waals surface area contributed by atoms with E-state index < -0.39 is 6.04 Å². The highest BCUT2D eigenvalue weighted by molar-refractivity contribution is 6.02. The number of nitrogens with zero attached hydrogens (tertiary/aromatic N) is 4. The molecule has 1 unspecified atom stereocenters. The van der Waals surface area contributed by atoms with E-state index in [4.69, 9.17) is 10.00 Å². The van der Waals surface area contributed by atoms with E-state index in [0.717, 1.165) is 30.8 Å². The Bertz CT molecular complexity index is 1610. The molecule has 2 aliphatic heterocycles. The smallest absolute Gasteiger partial charge is 0.255 e. The fourth-order valence-electron chi connectivity index (χ4n) is 6.39. The molecule has 6 rings (SSSR count). The Balaban J connectivity index is 1.03. The van der Waals surface area contributed by atoms with Crippen molar-refractivity contribution in [1.29, 1.82) is 5.26 Å². The summed E-state index contributed by atoms with van der Waals surface area (Å²) in [7, 11) is 0. The minimum absolute atomic E-state index is 0.0308. The van der Waals surface area contributed by atoms with Crippen LogP contribution in [0.3, 0.4) is 0 Å². The molecule has 3 aromatic carbocycles. The van der Waals surface area contributed by atoms with Crippen LogP contribution in [0.2, 0.25) is 0 Å². The molecular weight excluding hydrogens is 559 g/mol. The number of hydrogen-bond acceptors (Lipinski definition) is 7. The van der Waals surface area contributed by atoms with Gasteiger partial charge in [-0.25, -0.2) is 4.39 Å². The number of amides is 1. The van der Waals surface area contributed by atoms with Gasteiger partial charge in [0.2, 0.25) is 0 Å². The first-order chi connectivity index (χ1) is 21.4. The van der Waals surface area contributed by atoms with Crippen molar-refractivity contribution in [3.8, 4) is 11.8 Å². The molecule has 0 spiro atoms. The molecule has 8 nitrogen and oxygen atoms in total. The van der Waals surface area contributed by atoms with Gasteiger partial charge in [0, 0.05) is 63.1 Å². The van der Waals surface area contributed by atoms with E-state index in [0.29, 0.717) is 80.9 Å². The van der Waals surface area contributed by atoms with Crippen molar-refractivity contribution in [3.63, 3.8) is 0 Å². The van der Waals surface area contributed by atoms with Crippen molar-refractivity contribution in [2.24, 2.45) is 0 Å². The largest absolute Gasteiger partial charge is 0.489 e. The molecular formula is C35H35FN4O4. The number of hydrogen-bond donors (Lipinski definition) is 0. The second-order valence-corrected chi connectivity index (χ2v) is 11.8. The van der Waals surface area contributed by atoms with Crippen molar-refractivity contribution >= 4 is 23.2 Å². The lowest BCUT2D eigenvalue weighted by molar-refractivity contribution is -0.126. The van der Waals surface area contributed by atoms with Crippen LogP contribution in [0.25, 0.3) is 0 Å².